The molecule has 2 aliphatic heterocycles. The quantitative estimate of drug-likeness (QED) is 0.794. The Morgan fingerprint density at radius 1 is 1.34 bits per heavy atom. The number of piperidine rings is 1. The van der Waals surface area contributed by atoms with Crippen LogP contribution in [-0.2, 0) is 21.6 Å². The number of likely N-dealkylation sites (tertiary alicyclic amines) is 1. The van der Waals surface area contributed by atoms with Crippen LogP contribution in [0.3, 0.4) is 0 Å². The summed E-state index contributed by atoms with van der Waals surface area (Å²) >= 11 is 1.79. The first-order valence-corrected chi connectivity index (χ1v) is 10.9. The van der Waals surface area contributed by atoms with Crippen LogP contribution in [0.5, 0.6) is 0 Å². The molecule has 2 aromatic rings. The lowest BCUT2D eigenvalue weighted by Crippen LogP contribution is -2.52. The highest BCUT2D eigenvalue weighted by molar-refractivity contribution is 7.15. The van der Waals surface area contributed by atoms with Crippen molar-refractivity contribution < 1.29 is 9.53 Å². The first-order chi connectivity index (χ1) is 13.5. The van der Waals surface area contributed by atoms with Crippen LogP contribution in [0.25, 0.3) is 10.6 Å². The smallest absolute Gasteiger partial charge is 0.239 e. The van der Waals surface area contributed by atoms with Crippen molar-refractivity contribution in [2.45, 2.75) is 51.2 Å². The van der Waals surface area contributed by atoms with Crippen LogP contribution >= 0.6 is 23.7 Å². The fourth-order valence-electron chi connectivity index (χ4n) is 4.31. The van der Waals surface area contributed by atoms with E-state index in [4.69, 9.17) is 10.5 Å². The summed E-state index contributed by atoms with van der Waals surface area (Å²) in [6.07, 6.45) is 8.52. The van der Waals surface area contributed by atoms with Crippen LogP contribution in [0.15, 0.2) is 24.7 Å². The second-order valence-electron chi connectivity index (χ2n) is 8.19. The zero-order chi connectivity index (χ0) is 19.7. The summed E-state index contributed by atoms with van der Waals surface area (Å²) in [6, 6.07) is 1.83. The van der Waals surface area contributed by atoms with Gasteiger partial charge in [0.1, 0.15) is 0 Å². The monoisotopic (exact) mass is 436 g/mol. The Kier molecular flexibility index (Phi) is 6.94. The first-order valence-electron chi connectivity index (χ1n) is 10.1. The summed E-state index contributed by atoms with van der Waals surface area (Å²) in [5, 5.41) is 0. The van der Waals surface area contributed by atoms with E-state index < -0.39 is 6.04 Å². The van der Waals surface area contributed by atoms with Crippen molar-refractivity contribution in [1.29, 1.82) is 0 Å². The molecule has 2 aliphatic rings. The van der Waals surface area contributed by atoms with E-state index in [1.165, 1.54) is 10.4 Å². The largest absolute Gasteiger partial charge is 0.370 e. The second-order valence-corrected chi connectivity index (χ2v) is 9.33. The molecule has 0 saturated carbocycles. The van der Waals surface area contributed by atoms with Crippen LogP contribution in [-0.4, -0.2) is 46.5 Å². The molecule has 158 valence electrons. The highest BCUT2D eigenvalue weighted by Crippen LogP contribution is 2.46. The summed E-state index contributed by atoms with van der Waals surface area (Å²) in [5.41, 5.74) is 8.03. The van der Waals surface area contributed by atoms with E-state index in [0.29, 0.717) is 19.0 Å². The predicted octanol–water partition coefficient (Wildman–Crippen LogP) is 3.39. The Labute approximate surface area is 182 Å². The number of nitrogens with zero attached hydrogens (tertiary/aromatic N) is 3. The predicted molar refractivity (Wildman–Crippen MR) is 117 cm³/mol. The Morgan fingerprint density at radius 3 is 2.76 bits per heavy atom. The van der Waals surface area contributed by atoms with E-state index in [1.807, 2.05) is 11.1 Å². The van der Waals surface area contributed by atoms with Gasteiger partial charge >= 0.3 is 0 Å². The average Bonchev–Trinajstić information content (AvgIpc) is 3.14. The molecule has 29 heavy (non-hydrogen) atoms. The Balaban J connectivity index is 0.00000240. The molecule has 0 radical (unpaired) electrons. The van der Waals surface area contributed by atoms with E-state index in [2.05, 4.69) is 29.9 Å². The van der Waals surface area contributed by atoms with Gasteiger partial charge in [0.25, 0.3) is 0 Å². The Bertz CT molecular complexity index is 834. The third kappa shape index (κ3) is 4.48. The third-order valence-electron chi connectivity index (χ3n) is 5.75. The lowest BCUT2D eigenvalue weighted by atomic mass is 9.82. The van der Waals surface area contributed by atoms with Crippen molar-refractivity contribution in [2.75, 3.05) is 19.7 Å². The van der Waals surface area contributed by atoms with Gasteiger partial charge in [-0.05, 0) is 36.8 Å². The number of thiophene rings is 1. The zero-order valence-corrected chi connectivity index (χ0v) is 18.6. The van der Waals surface area contributed by atoms with Gasteiger partial charge < -0.3 is 15.4 Å². The molecule has 1 fully saturated rings. The highest BCUT2D eigenvalue weighted by atomic mass is 35.5. The topological polar surface area (TPSA) is 81.3 Å². The lowest BCUT2D eigenvalue weighted by molar-refractivity contribution is -0.142. The molecular formula is C21H29ClN4O2S. The van der Waals surface area contributed by atoms with Gasteiger partial charge in [0, 0.05) is 36.8 Å². The van der Waals surface area contributed by atoms with Gasteiger partial charge in [-0.3, -0.25) is 14.8 Å². The first kappa shape index (κ1) is 22.2. The number of nitrogens with two attached hydrogens (primary N) is 1. The van der Waals surface area contributed by atoms with Gasteiger partial charge in [-0.15, -0.1) is 23.7 Å². The molecule has 2 aromatic heterocycles. The standard InChI is InChI=1S/C21H28N4O2S.ClH/c1-14(2)11-16(22)20(26)25-8-4-21(5-9-25)15-12-19(17-13-23-6-7-24-17)28-18(15)3-10-27-21;/h6-7,12-14,16H,3-5,8-11,22H2,1-2H3;1H/t16-;/m0./s1. The molecule has 8 heteroatoms. The number of halogens is 1. The number of fused-ring (bicyclic) bond motifs is 2. The molecule has 0 bridgehead atoms. The van der Waals surface area contributed by atoms with Gasteiger partial charge in [0.05, 0.1) is 35.0 Å². The van der Waals surface area contributed by atoms with Crippen LogP contribution in [0.4, 0.5) is 0 Å². The zero-order valence-electron chi connectivity index (χ0n) is 17.0. The molecule has 1 saturated heterocycles. The molecule has 0 aromatic carbocycles. The normalized spacial score (nSPS) is 19.0. The third-order valence-corrected chi connectivity index (χ3v) is 6.97. The second kappa shape index (κ2) is 9.08. The number of amides is 1. The van der Waals surface area contributed by atoms with E-state index in [-0.39, 0.29) is 23.9 Å². The SMILES string of the molecule is CC(C)C[C@H](N)C(=O)N1CCC2(CC1)OCCc1sc(-c3cnccn3)cc12.Cl. The molecule has 0 unspecified atom stereocenters. The molecule has 0 aliphatic carbocycles. The number of hydrogen-bond donors (Lipinski definition) is 1. The van der Waals surface area contributed by atoms with E-state index in [9.17, 15) is 4.79 Å². The summed E-state index contributed by atoms with van der Waals surface area (Å²) in [7, 11) is 0. The minimum atomic E-state index is -0.402. The Morgan fingerprint density at radius 2 is 2.10 bits per heavy atom. The highest BCUT2D eigenvalue weighted by Gasteiger charge is 2.43. The molecular weight excluding hydrogens is 408 g/mol. The number of aromatic nitrogens is 2. The van der Waals surface area contributed by atoms with Crippen molar-refractivity contribution in [3.05, 3.63) is 35.1 Å². The molecule has 4 heterocycles. The summed E-state index contributed by atoms with van der Waals surface area (Å²) < 4.78 is 6.34. The molecule has 1 spiro atoms. The molecule has 2 N–H and O–H groups in total. The van der Waals surface area contributed by atoms with Crippen LogP contribution in [0.2, 0.25) is 0 Å². The summed E-state index contributed by atoms with van der Waals surface area (Å²) in [6.45, 7) is 6.32. The minimum absolute atomic E-state index is 0. The maximum atomic E-state index is 12.7. The van der Waals surface area contributed by atoms with E-state index >= 15 is 0 Å². The van der Waals surface area contributed by atoms with Crippen molar-refractivity contribution in [1.82, 2.24) is 14.9 Å². The fraction of sp³-hybridized carbons (Fsp3) is 0.571. The van der Waals surface area contributed by atoms with Crippen LogP contribution in [0.1, 0.15) is 43.6 Å². The van der Waals surface area contributed by atoms with Gasteiger partial charge in [0.2, 0.25) is 5.91 Å². The summed E-state index contributed by atoms with van der Waals surface area (Å²) in [5.74, 6) is 0.495. The van der Waals surface area contributed by atoms with Gasteiger partial charge in [0.15, 0.2) is 0 Å². The summed E-state index contributed by atoms with van der Waals surface area (Å²) in [4.78, 5) is 25.8. The van der Waals surface area contributed by atoms with Crippen molar-refractivity contribution in [3.8, 4) is 10.6 Å². The van der Waals surface area contributed by atoms with Crippen molar-refractivity contribution >= 4 is 29.7 Å². The minimum Gasteiger partial charge on any atom is -0.370 e. The van der Waals surface area contributed by atoms with Gasteiger partial charge in [-0.1, -0.05) is 13.8 Å². The van der Waals surface area contributed by atoms with Crippen molar-refractivity contribution in [2.24, 2.45) is 11.7 Å². The maximum Gasteiger partial charge on any atom is 0.239 e. The molecule has 4 rings (SSSR count). The number of carbonyl (C=O) groups is 1. The van der Waals surface area contributed by atoms with E-state index in [1.54, 1.807) is 23.7 Å². The maximum absolute atomic E-state index is 12.7. The van der Waals surface area contributed by atoms with E-state index in [0.717, 1.165) is 42.9 Å². The van der Waals surface area contributed by atoms with Gasteiger partial charge in [-0.25, -0.2) is 0 Å². The van der Waals surface area contributed by atoms with Gasteiger partial charge in [-0.2, -0.15) is 0 Å². The molecule has 1 amide bonds. The molecule has 1 atom stereocenters. The molecule has 6 nitrogen and oxygen atoms in total. The Hall–Kier alpha value is -1.54. The fourth-order valence-corrected chi connectivity index (χ4v) is 5.51. The number of rotatable bonds is 4. The van der Waals surface area contributed by atoms with Crippen LogP contribution in [0, 0.1) is 5.92 Å². The lowest BCUT2D eigenvalue weighted by Gasteiger charge is -2.44. The van der Waals surface area contributed by atoms with Crippen molar-refractivity contribution in [3.63, 3.8) is 0 Å². The number of hydrogen-bond acceptors (Lipinski definition) is 6. The number of ether oxygens (including phenoxy) is 1. The number of carbonyl (C=O) groups excluding carboxylic acids is 1. The van der Waals surface area contributed by atoms with Crippen LogP contribution < -0.4 is 5.73 Å². The average molecular weight is 437 g/mol.